The third kappa shape index (κ3) is 7.96. The van der Waals surface area contributed by atoms with Gasteiger partial charge in [0.25, 0.3) is 5.91 Å². The number of hydrogen-bond donors (Lipinski definition) is 3. The van der Waals surface area contributed by atoms with Crippen molar-refractivity contribution in [3.8, 4) is 17.3 Å². The van der Waals surface area contributed by atoms with Crippen LogP contribution in [0, 0.1) is 12.7 Å². The number of nitrogens with zero attached hydrogens (tertiary/aromatic N) is 5. The molecule has 48 heavy (non-hydrogen) atoms. The molecule has 1 amide bonds. The standard InChI is InChI=1S/C34H32F4N8O2/c1-22-5-8-26(9-6-22)46-31(34(36,37)38)27(21-41-46)32(47)42-25-7-10-29(28(35)20-25)48-30-11-13-40-33(44-30)43-24-4-2-3-23(19-24)12-16-45-17-14-39-15-18-45/h2-11,13,19-21,39H,12,14-18H2,1H3,(H,42,47)(H,40,43,44). The number of carbonyl (C=O) groups is 1. The van der Waals surface area contributed by atoms with Crippen molar-refractivity contribution in [3.63, 3.8) is 0 Å². The van der Waals surface area contributed by atoms with Gasteiger partial charge in [-0.15, -0.1) is 0 Å². The lowest BCUT2D eigenvalue weighted by atomic mass is 10.1. The van der Waals surface area contributed by atoms with E-state index in [2.05, 4.69) is 42.0 Å². The average molecular weight is 661 g/mol. The van der Waals surface area contributed by atoms with E-state index in [1.165, 1.54) is 36.5 Å². The van der Waals surface area contributed by atoms with Gasteiger partial charge in [-0.3, -0.25) is 4.79 Å². The second-order valence-corrected chi connectivity index (χ2v) is 11.2. The summed E-state index contributed by atoms with van der Waals surface area (Å²) < 4.78 is 63.5. The highest BCUT2D eigenvalue weighted by Gasteiger charge is 2.40. The highest BCUT2D eigenvalue weighted by molar-refractivity contribution is 6.05. The number of alkyl halides is 3. The van der Waals surface area contributed by atoms with E-state index in [9.17, 15) is 18.0 Å². The lowest BCUT2D eigenvalue weighted by molar-refractivity contribution is -0.143. The van der Waals surface area contributed by atoms with Crippen LogP contribution in [0.2, 0.25) is 0 Å². The zero-order valence-electron chi connectivity index (χ0n) is 25.9. The highest BCUT2D eigenvalue weighted by Crippen LogP contribution is 2.34. The topological polar surface area (TPSA) is 109 Å². The monoisotopic (exact) mass is 660 g/mol. The van der Waals surface area contributed by atoms with Gasteiger partial charge in [0.1, 0.15) is 0 Å². The third-order valence-electron chi connectivity index (χ3n) is 7.70. The van der Waals surface area contributed by atoms with Crippen molar-refractivity contribution in [2.75, 3.05) is 43.4 Å². The van der Waals surface area contributed by atoms with E-state index < -0.39 is 29.2 Å². The van der Waals surface area contributed by atoms with E-state index in [0.29, 0.717) is 4.68 Å². The lowest BCUT2D eigenvalue weighted by Gasteiger charge is -2.27. The van der Waals surface area contributed by atoms with Crippen LogP contribution in [0.25, 0.3) is 5.69 Å². The second-order valence-electron chi connectivity index (χ2n) is 11.2. The molecule has 0 radical (unpaired) electrons. The summed E-state index contributed by atoms with van der Waals surface area (Å²) in [7, 11) is 0. The van der Waals surface area contributed by atoms with E-state index in [-0.39, 0.29) is 29.0 Å². The molecule has 0 bridgehead atoms. The van der Waals surface area contributed by atoms with E-state index in [1.807, 2.05) is 18.2 Å². The number of ether oxygens (including phenoxy) is 1. The minimum absolute atomic E-state index is 0.0522. The van der Waals surface area contributed by atoms with Gasteiger partial charge >= 0.3 is 6.18 Å². The van der Waals surface area contributed by atoms with Gasteiger partial charge in [-0.05, 0) is 55.3 Å². The molecule has 1 fully saturated rings. The first-order chi connectivity index (χ1) is 23.1. The van der Waals surface area contributed by atoms with Crippen molar-refractivity contribution in [1.29, 1.82) is 0 Å². The molecule has 0 atom stereocenters. The number of amides is 1. The molecule has 1 aliphatic heterocycles. The van der Waals surface area contributed by atoms with E-state index in [1.54, 1.807) is 19.1 Å². The van der Waals surface area contributed by atoms with Gasteiger partial charge in [-0.1, -0.05) is 29.8 Å². The summed E-state index contributed by atoms with van der Waals surface area (Å²) in [5, 5.41) is 12.6. The maximum absolute atomic E-state index is 15.1. The van der Waals surface area contributed by atoms with Crippen molar-refractivity contribution in [1.82, 2.24) is 30.0 Å². The number of piperazine rings is 1. The van der Waals surface area contributed by atoms with Crippen LogP contribution >= 0.6 is 0 Å². The van der Waals surface area contributed by atoms with Gasteiger partial charge in [0.15, 0.2) is 17.3 Å². The Bertz CT molecular complexity index is 1890. The van der Waals surface area contributed by atoms with Crippen molar-refractivity contribution >= 4 is 23.2 Å². The summed E-state index contributed by atoms with van der Waals surface area (Å²) in [4.78, 5) is 23.9. The Morgan fingerprint density at radius 3 is 2.54 bits per heavy atom. The van der Waals surface area contributed by atoms with Crippen LogP contribution in [0.5, 0.6) is 11.6 Å². The quantitative estimate of drug-likeness (QED) is 0.149. The number of halogens is 4. The molecule has 10 nitrogen and oxygen atoms in total. The minimum atomic E-state index is -4.89. The third-order valence-corrected chi connectivity index (χ3v) is 7.70. The Morgan fingerprint density at radius 1 is 1.00 bits per heavy atom. The molecule has 1 saturated heterocycles. The predicted molar refractivity (Wildman–Crippen MR) is 173 cm³/mol. The maximum Gasteiger partial charge on any atom is 0.434 e. The summed E-state index contributed by atoms with van der Waals surface area (Å²) in [6.07, 6.45) is -1.71. The van der Waals surface area contributed by atoms with Crippen molar-refractivity contribution in [2.24, 2.45) is 0 Å². The summed E-state index contributed by atoms with van der Waals surface area (Å²) in [6, 6.07) is 19.1. The second kappa shape index (κ2) is 14.2. The Balaban J connectivity index is 1.11. The van der Waals surface area contributed by atoms with Crippen molar-refractivity contribution in [3.05, 3.63) is 113 Å². The first-order valence-corrected chi connectivity index (χ1v) is 15.3. The number of rotatable bonds is 10. The molecule has 248 valence electrons. The van der Waals surface area contributed by atoms with E-state index >= 15 is 4.39 Å². The van der Waals surface area contributed by atoms with Crippen molar-refractivity contribution in [2.45, 2.75) is 19.5 Å². The number of hydrogen-bond acceptors (Lipinski definition) is 8. The van der Waals surface area contributed by atoms with E-state index in [0.717, 1.165) is 68.2 Å². The average Bonchev–Trinajstić information content (AvgIpc) is 3.53. The Hall–Kier alpha value is -5.34. The predicted octanol–water partition coefficient (Wildman–Crippen LogP) is 6.36. The van der Waals surface area contributed by atoms with Gasteiger partial charge in [-0.25, -0.2) is 14.1 Å². The van der Waals surface area contributed by atoms with Crippen LogP contribution in [0.3, 0.4) is 0 Å². The van der Waals surface area contributed by atoms with Crippen LogP contribution in [0.1, 0.15) is 27.2 Å². The molecule has 3 aromatic carbocycles. The summed E-state index contributed by atoms with van der Waals surface area (Å²) >= 11 is 0. The summed E-state index contributed by atoms with van der Waals surface area (Å²) in [5.41, 5.74) is 0.889. The maximum atomic E-state index is 15.1. The fourth-order valence-electron chi connectivity index (χ4n) is 5.26. The minimum Gasteiger partial charge on any atom is -0.436 e. The largest absolute Gasteiger partial charge is 0.436 e. The van der Waals surface area contributed by atoms with Crippen LogP contribution in [-0.2, 0) is 12.6 Å². The number of aryl methyl sites for hydroxylation is 1. The molecule has 0 unspecified atom stereocenters. The molecule has 0 aliphatic carbocycles. The van der Waals surface area contributed by atoms with Crippen molar-refractivity contribution < 1.29 is 27.1 Å². The Kier molecular flexibility index (Phi) is 9.64. The molecule has 5 aromatic rings. The molecule has 3 N–H and O–H groups in total. The van der Waals surface area contributed by atoms with Gasteiger partial charge in [-0.2, -0.15) is 23.3 Å². The molecule has 6 rings (SSSR count). The molecular formula is C34H32F4N8O2. The molecule has 14 heteroatoms. The van der Waals surface area contributed by atoms with E-state index in [4.69, 9.17) is 4.74 Å². The van der Waals surface area contributed by atoms with Gasteiger partial charge in [0, 0.05) is 62.4 Å². The molecule has 1 aliphatic rings. The molecule has 2 aromatic heterocycles. The SMILES string of the molecule is Cc1ccc(-n2ncc(C(=O)Nc3ccc(Oc4ccnc(Nc5cccc(CCN6CCNCC6)c5)n4)c(F)c3)c2C(F)(F)F)cc1. The molecule has 3 heterocycles. The van der Waals surface area contributed by atoms with Crippen LogP contribution in [0.4, 0.5) is 34.9 Å². The fourth-order valence-corrected chi connectivity index (χ4v) is 5.26. The smallest absolute Gasteiger partial charge is 0.434 e. The fraction of sp³-hybridized carbons (Fsp3) is 0.235. The highest BCUT2D eigenvalue weighted by atomic mass is 19.4. The van der Waals surface area contributed by atoms with Gasteiger partial charge in [0.05, 0.1) is 17.4 Å². The molecule has 0 spiro atoms. The van der Waals surface area contributed by atoms with Crippen LogP contribution in [0.15, 0.2) is 85.2 Å². The summed E-state index contributed by atoms with van der Waals surface area (Å²) in [5.74, 6) is -1.90. The Labute approximate surface area is 273 Å². The first-order valence-electron chi connectivity index (χ1n) is 15.3. The molecule has 0 saturated carbocycles. The summed E-state index contributed by atoms with van der Waals surface area (Å²) in [6.45, 7) is 6.81. The number of carbonyl (C=O) groups excluding carboxylic acids is 1. The number of nitrogens with one attached hydrogen (secondary N) is 3. The number of aromatic nitrogens is 4. The first kappa shape index (κ1) is 32.6. The molecular weight excluding hydrogens is 628 g/mol. The van der Waals surface area contributed by atoms with Gasteiger partial charge in [0.2, 0.25) is 11.8 Å². The van der Waals surface area contributed by atoms with Crippen LogP contribution < -0.4 is 20.7 Å². The normalized spacial score (nSPS) is 13.7. The zero-order valence-corrected chi connectivity index (χ0v) is 25.9. The van der Waals surface area contributed by atoms with Crippen LogP contribution in [-0.4, -0.2) is 63.3 Å². The number of anilines is 3. The Morgan fingerprint density at radius 2 is 1.79 bits per heavy atom. The van der Waals surface area contributed by atoms with Gasteiger partial charge < -0.3 is 25.6 Å². The number of benzene rings is 3. The lowest BCUT2D eigenvalue weighted by Crippen LogP contribution is -2.44. The zero-order chi connectivity index (χ0) is 33.7.